The standard InChI is InChI=1S/C95H125N21O23S2/c1-50(2)80(115-82(125)62(97)42-56-47-100-63-21-12-10-19-60(56)63)93(136)114-73(45-77(99)120)90(133)110-69(40-54-25-29-58(117)30-26-54)86(129)112-72(44-76(98)119)89(132)109-70(41-55-27-31-59(118)32-28-55)87(130)113-74(46-79(122)123)91(134)111-71(43-57-48-101-64-22-13-11-20-61(57)64)88(131)106-66(34-38-141-6)84(127)108-68(39-53-17-8-7-9-18-53)85(128)107-67(23-14-15-35-96)94(137)116-36-16-24-75(116)92(135)102-49-78(121)103-51(3)81(124)105-65(33-37-140-5)83(126)104-52(4)95(138)139/h7-13,17-22,25-32,47-48,50-52,62,65-75,80,100-101,117-118H,14-16,23-24,33-46,49,96-97H2,1-6H3,(H2,98,119)(H2,99,120)(H,102,135)(H,103,121)(H,104,126)(H,105,124)(H,106,131)(H,107,128)(H,108,127)(H,109,132)(H,110,133)(H,111,134)(H,112,129)(H,113,130)(H,114,136)(H,115,125)(H,122,123)(H,138,139)/t51-,52-,62-,65-,66-,67-,68-,69-,70-,71-,72-,73-,74-,75-,80-/m0/s1. The number of carbonyl (C=O) groups excluding carboxylic acids is 17. The minimum atomic E-state index is -2.16. The van der Waals surface area contributed by atoms with E-state index in [2.05, 4.69) is 84.4 Å². The number of carbonyl (C=O) groups is 19. The average molecular weight is 1990 g/mol. The first kappa shape index (κ1) is 112. The van der Waals surface area contributed by atoms with Crippen molar-refractivity contribution in [3.05, 3.63) is 168 Å². The smallest absolute Gasteiger partial charge is 0.325 e. The fraction of sp³-hybridized carbons (Fsp3) is 0.442. The van der Waals surface area contributed by atoms with E-state index in [0.29, 0.717) is 46.2 Å². The number of phenolic OH excluding ortho intramolecular Hbond substituents is 2. The van der Waals surface area contributed by atoms with Crippen LogP contribution in [0.4, 0.5) is 0 Å². The summed E-state index contributed by atoms with van der Waals surface area (Å²) in [5.74, 6) is -20.8. The molecule has 1 saturated heterocycles. The number of aromatic nitrogens is 2. The van der Waals surface area contributed by atoms with Crippen molar-refractivity contribution in [1.82, 2.24) is 89.3 Å². The molecule has 0 aliphatic carbocycles. The Morgan fingerprint density at radius 1 is 0.418 bits per heavy atom. The molecule has 44 nitrogen and oxygen atoms in total. The quantitative estimate of drug-likeness (QED) is 0.0183. The van der Waals surface area contributed by atoms with Gasteiger partial charge in [0.2, 0.25) is 100 Å². The Balaban J connectivity index is 1.01. The second-order valence-corrected chi connectivity index (χ2v) is 36.5. The Morgan fingerprint density at radius 2 is 0.816 bits per heavy atom. The number of nitrogens with one attached hydrogen (secondary N) is 16. The van der Waals surface area contributed by atoms with Gasteiger partial charge < -0.3 is 133 Å². The monoisotopic (exact) mass is 1990 g/mol. The van der Waals surface area contributed by atoms with Gasteiger partial charge in [0, 0.05) is 66.4 Å². The molecule has 1 fully saturated rings. The summed E-state index contributed by atoms with van der Waals surface area (Å²) in [7, 11) is 0. The van der Waals surface area contributed by atoms with Gasteiger partial charge in [0.1, 0.15) is 96.1 Å². The number of aromatic hydroxyl groups is 2. The van der Waals surface area contributed by atoms with E-state index < -0.39 is 254 Å². The Morgan fingerprint density at radius 3 is 1.27 bits per heavy atom. The van der Waals surface area contributed by atoms with Crippen molar-refractivity contribution >= 4 is 158 Å². The number of aliphatic carboxylic acids is 2. The third kappa shape index (κ3) is 35.0. The van der Waals surface area contributed by atoms with Crippen LogP contribution >= 0.6 is 23.5 Å². The van der Waals surface area contributed by atoms with Gasteiger partial charge in [0.25, 0.3) is 0 Å². The highest BCUT2D eigenvalue weighted by atomic mass is 32.2. The number of hydrogen-bond donors (Lipinski definition) is 24. The second kappa shape index (κ2) is 55.2. The number of unbranched alkanes of at least 4 members (excludes halogenated alkanes) is 1. The van der Waals surface area contributed by atoms with Crippen molar-refractivity contribution < 1.29 is 112 Å². The van der Waals surface area contributed by atoms with Crippen LogP contribution in [0.3, 0.4) is 0 Å². The van der Waals surface area contributed by atoms with Crippen molar-refractivity contribution in [3.63, 3.8) is 0 Å². The van der Waals surface area contributed by atoms with Gasteiger partial charge in [-0.3, -0.25) is 91.1 Å². The zero-order valence-electron chi connectivity index (χ0n) is 78.8. The molecule has 1 aliphatic rings. The first-order valence-corrected chi connectivity index (χ1v) is 48.6. The Bertz CT molecular complexity index is 5570. The number of phenols is 2. The predicted molar refractivity (Wildman–Crippen MR) is 521 cm³/mol. The fourth-order valence-corrected chi connectivity index (χ4v) is 16.5. The number of aromatic amines is 2. The van der Waals surface area contributed by atoms with E-state index >= 15 is 24.0 Å². The molecule has 17 amide bonds. The highest BCUT2D eigenvalue weighted by Gasteiger charge is 2.42. The number of fused-ring (bicyclic) bond motifs is 2. The lowest BCUT2D eigenvalue weighted by atomic mass is 10.00. The molecule has 0 spiro atoms. The van der Waals surface area contributed by atoms with Crippen molar-refractivity contribution in [2.75, 3.05) is 43.7 Å². The molecule has 141 heavy (non-hydrogen) atoms. The van der Waals surface area contributed by atoms with Crippen LogP contribution in [0.1, 0.15) is 120 Å². The zero-order chi connectivity index (χ0) is 103. The van der Waals surface area contributed by atoms with Gasteiger partial charge >= 0.3 is 11.9 Å². The summed E-state index contributed by atoms with van der Waals surface area (Å²) in [6.07, 6.45) is 3.02. The van der Waals surface area contributed by atoms with Gasteiger partial charge in [0.05, 0.1) is 31.8 Å². The zero-order valence-corrected chi connectivity index (χ0v) is 80.4. The maximum atomic E-state index is 15.4. The number of hydrogen-bond acceptors (Lipinski definition) is 25. The minimum Gasteiger partial charge on any atom is -0.508 e. The third-order valence-corrected chi connectivity index (χ3v) is 24.6. The molecule has 1 aliphatic heterocycles. The normalized spacial score (nSPS) is 15.3. The number of likely N-dealkylation sites (tertiary alicyclic amines) is 1. The highest BCUT2D eigenvalue weighted by molar-refractivity contribution is 7.98. The van der Waals surface area contributed by atoms with Gasteiger partial charge in [-0.2, -0.15) is 23.5 Å². The van der Waals surface area contributed by atoms with Gasteiger partial charge in [-0.05, 0) is 166 Å². The van der Waals surface area contributed by atoms with E-state index in [1.54, 1.807) is 93.2 Å². The number of amides is 17. The summed E-state index contributed by atoms with van der Waals surface area (Å²) in [6.45, 7) is 5.29. The molecule has 2 aromatic heterocycles. The number of thioether (sulfide) groups is 2. The van der Waals surface area contributed by atoms with E-state index in [0.717, 1.165) is 10.9 Å². The molecule has 0 saturated carbocycles. The SMILES string of the molecule is CSCC[C@H](NC(=O)[C@H](C)NC(=O)CNC(=O)[C@@H]1CCCN1C(=O)[C@H](CCCCN)NC(=O)[C@H](Cc1ccccc1)NC(=O)[C@H](CCSC)NC(=O)[C@H](Cc1c[nH]c2ccccc12)NC(=O)[C@H](CC(=O)O)NC(=O)[C@H](Cc1ccc(O)cc1)NC(=O)[C@H](CC(N)=O)NC(=O)[C@H](Cc1ccc(O)cc1)NC(=O)[C@H](CC(N)=O)NC(=O)[C@@H](NC(=O)[C@@H](N)Cc1c[nH]c2ccccc12)C(C)C)C(=O)N[C@@H](C)C(=O)O. The maximum absolute atomic E-state index is 15.4. The lowest BCUT2D eigenvalue weighted by molar-refractivity contribution is -0.142. The van der Waals surface area contributed by atoms with Crippen LogP contribution in [0, 0.1) is 5.92 Å². The van der Waals surface area contributed by atoms with E-state index in [4.69, 9.17) is 22.9 Å². The molecule has 0 radical (unpaired) electrons. The Hall–Kier alpha value is -14.7. The van der Waals surface area contributed by atoms with Crippen LogP contribution in [-0.4, -0.2) is 282 Å². The van der Waals surface area contributed by atoms with E-state index in [9.17, 15) is 87.5 Å². The van der Waals surface area contributed by atoms with E-state index in [1.165, 1.54) is 97.0 Å². The van der Waals surface area contributed by atoms with Gasteiger partial charge in [-0.15, -0.1) is 0 Å². The van der Waals surface area contributed by atoms with Gasteiger partial charge in [-0.1, -0.05) is 105 Å². The van der Waals surface area contributed by atoms with Crippen molar-refractivity contribution in [2.45, 2.75) is 215 Å². The molecule has 760 valence electrons. The maximum Gasteiger partial charge on any atom is 0.325 e. The molecule has 7 aromatic rings. The van der Waals surface area contributed by atoms with Crippen LogP contribution in [0.5, 0.6) is 11.5 Å². The first-order valence-electron chi connectivity index (χ1n) is 45.8. The van der Waals surface area contributed by atoms with Crippen LogP contribution in [0.2, 0.25) is 0 Å². The predicted octanol–water partition coefficient (Wildman–Crippen LogP) is -2.05. The first-order chi connectivity index (χ1) is 67.1. The molecule has 3 heterocycles. The number of carboxylic acids is 2. The molecule has 15 atom stereocenters. The topological polar surface area (TPSA) is 713 Å². The number of carboxylic acid groups (broad SMARTS) is 2. The number of benzene rings is 5. The minimum absolute atomic E-state index is 0.0179. The molecule has 5 aromatic carbocycles. The summed E-state index contributed by atoms with van der Waals surface area (Å²) >= 11 is 2.64. The Labute approximate surface area is 820 Å². The molecular formula is C95H125N21O23S2. The summed E-state index contributed by atoms with van der Waals surface area (Å²) in [4.78, 5) is 274. The fourth-order valence-electron chi connectivity index (χ4n) is 15.6. The van der Waals surface area contributed by atoms with Crippen molar-refractivity contribution in [2.24, 2.45) is 28.9 Å². The van der Waals surface area contributed by atoms with Gasteiger partial charge in [0.15, 0.2) is 0 Å². The van der Waals surface area contributed by atoms with E-state index in [-0.39, 0.29) is 86.4 Å². The molecule has 8 rings (SSSR count). The number of nitrogens with two attached hydrogens (primary N) is 4. The van der Waals surface area contributed by atoms with Crippen molar-refractivity contribution in [3.8, 4) is 11.5 Å². The van der Waals surface area contributed by atoms with Crippen LogP contribution < -0.4 is 97.4 Å². The summed E-state index contributed by atoms with van der Waals surface area (Å²) < 4.78 is 0. The lowest BCUT2D eigenvalue weighted by Gasteiger charge is -2.30. The lowest BCUT2D eigenvalue weighted by Crippen LogP contribution is -2.62. The van der Waals surface area contributed by atoms with Gasteiger partial charge in [-0.25, -0.2) is 0 Å². The Kier molecular flexibility index (Phi) is 43.7. The second-order valence-electron chi connectivity index (χ2n) is 34.6. The van der Waals surface area contributed by atoms with Crippen molar-refractivity contribution in [1.29, 1.82) is 0 Å². The summed E-state index contributed by atoms with van der Waals surface area (Å²) in [6, 6.07) is 9.32. The summed E-state index contributed by atoms with van der Waals surface area (Å²) in [5.41, 5.74) is 27.0. The molecule has 28 N–H and O–H groups in total. The molecule has 0 unspecified atom stereocenters. The van der Waals surface area contributed by atoms with Crippen LogP contribution in [-0.2, 0) is 123 Å². The number of nitrogens with zero attached hydrogens (tertiary/aromatic N) is 1. The molecule has 0 bridgehead atoms. The van der Waals surface area contributed by atoms with Crippen LogP contribution in [0.15, 0.2) is 140 Å². The van der Waals surface area contributed by atoms with Crippen LogP contribution in [0.25, 0.3) is 21.8 Å². The largest absolute Gasteiger partial charge is 0.508 e. The highest BCUT2D eigenvalue weighted by Crippen LogP contribution is 2.25. The number of para-hydroxylation sites is 2. The third-order valence-electron chi connectivity index (χ3n) is 23.3. The summed E-state index contributed by atoms with van der Waals surface area (Å²) in [5, 5.41) is 77.0. The molecular weight excluding hydrogens is 1870 g/mol. The average Bonchev–Trinajstić information content (AvgIpc) is 1.60. The number of rotatable bonds is 57. The molecule has 46 heteroatoms. The number of primary amides is 2. The van der Waals surface area contributed by atoms with E-state index in [1.807, 2.05) is 18.2 Å². The number of H-pyrrole nitrogens is 2.